The van der Waals surface area contributed by atoms with Gasteiger partial charge in [0.25, 0.3) is 5.91 Å². The zero-order chi connectivity index (χ0) is 21.1. The second-order valence-electron chi connectivity index (χ2n) is 5.90. The molecule has 2 aromatic carbocycles. The number of hydrogen-bond acceptors (Lipinski definition) is 7. The topological polar surface area (TPSA) is 65.1 Å². The van der Waals surface area contributed by atoms with Crippen LogP contribution in [0.25, 0.3) is 6.08 Å². The molecule has 6 nitrogen and oxygen atoms in total. The third-order valence-electron chi connectivity index (χ3n) is 4.04. The number of carbonyl (C=O) groups excluding carboxylic acids is 2. The van der Waals surface area contributed by atoms with Gasteiger partial charge in [-0.05, 0) is 42.0 Å². The molecule has 1 amide bonds. The maximum absolute atomic E-state index is 12.5. The Morgan fingerprint density at radius 1 is 1.21 bits per heavy atom. The molecule has 0 atom stereocenters. The monoisotopic (exact) mass is 449 g/mol. The van der Waals surface area contributed by atoms with Gasteiger partial charge in [0.2, 0.25) is 0 Å². The minimum absolute atomic E-state index is 0.0853. The summed E-state index contributed by atoms with van der Waals surface area (Å²) < 4.78 is 16.4. The first-order chi connectivity index (χ1) is 13.8. The summed E-state index contributed by atoms with van der Waals surface area (Å²) >= 11 is 12.7. The Hall–Kier alpha value is -2.55. The van der Waals surface area contributed by atoms with E-state index in [9.17, 15) is 9.59 Å². The number of thioether (sulfide) groups is 1. The van der Waals surface area contributed by atoms with E-state index in [1.54, 1.807) is 49.5 Å². The first kappa shape index (κ1) is 21.2. The third kappa shape index (κ3) is 4.55. The van der Waals surface area contributed by atoms with Crippen molar-refractivity contribution in [2.75, 3.05) is 21.3 Å². The summed E-state index contributed by atoms with van der Waals surface area (Å²) in [6.45, 7) is 0. The Labute approximate surface area is 182 Å². The first-order valence-electron chi connectivity index (χ1n) is 8.29. The van der Waals surface area contributed by atoms with Gasteiger partial charge in [-0.1, -0.05) is 41.6 Å². The molecule has 3 rings (SSSR count). The molecule has 0 bridgehead atoms. The number of esters is 1. The standard InChI is InChI=1S/C20H16ClNO5S2/c1-22-18(23)16(29-20(22)28)9-11-7-14(21)17(15(8-11)26-3)27-19(24)12-5-4-6-13(10-12)25-2/h4-10H,1-3H3/b16-9-. The second kappa shape index (κ2) is 8.86. The van der Waals surface area contributed by atoms with Crippen LogP contribution in [0.5, 0.6) is 17.2 Å². The summed E-state index contributed by atoms with van der Waals surface area (Å²) in [5.74, 6) is 0.0718. The molecule has 150 valence electrons. The highest BCUT2D eigenvalue weighted by Gasteiger charge is 2.29. The van der Waals surface area contributed by atoms with Crippen LogP contribution >= 0.6 is 35.6 Å². The molecule has 1 fully saturated rings. The van der Waals surface area contributed by atoms with Crippen molar-refractivity contribution >= 4 is 57.9 Å². The lowest BCUT2D eigenvalue weighted by atomic mass is 10.1. The van der Waals surface area contributed by atoms with Crippen molar-refractivity contribution < 1.29 is 23.8 Å². The van der Waals surface area contributed by atoms with E-state index in [0.29, 0.717) is 26.1 Å². The van der Waals surface area contributed by atoms with Crippen LogP contribution in [0.1, 0.15) is 15.9 Å². The molecule has 1 aliphatic rings. The van der Waals surface area contributed by atoms with Gasteiger partial charge >= 0.3 is 5.97 Å². The molecule has 0 radical (unpaired) electrons. The van der Waals surface area contributed by atoms with Crippen LogP contribution in [0.15, 0.2) is 41.3 Å². The lowest BCUT2D eigenvalue weighted by Gasteiger charge is -2.12. The van der Waals surface area contributed by atoms with Crippen LogP contribution in [-0.2, 0) is 4.79 Å². The van der Waals surface area contributed by atoms with Crippen LogP contribution in [0.3, 0.4) is 0 Å². The number of methoxy groups -OCH3 is 2. The van der Waals surface area contributed by atoms with Crippen LogP contribution in [0.2, 0.25) is 5.02 Å². The normalized spacial score (nSPS) is 15.0. The molecule has 0 spiro atoms. The summed E-state index contributed by atoms with van der Waals surface area (Å²) in [5, 5.41) is 0.166. The van der Waals surface area contributed by atoms with Crippen molar-refractivity contribution in [2.24, 2.45) is 0 Å². The number of likely N-dealkylation sites (N-methyl/N-ethyl adjacent to an activating group) is 1. The van der Waals surface area contributed by atoms with Crippen LogP contribution in [0.4, 0.5) is 0 Å². The Morgan fingerprint density at radius 2 is 1.97 bits per heavy atom. The summed E-state index contributed by atoms with van der Waals surface area (Å²) in [4.78, 5) is 26.6. The number of rotatable bonds is 5. The number of ether oxygens (including phenoxy) is 3. The van der Waals surface area contributed by atoms with E-state index < -0.39 is 5.97 Å². The van der Waals surface area contributed by atoms with Crippen molar-refractivity contribution in [3.05, 3.63) is 57.5 Å². The highest BCUT2D eigenvalue weighted by molar-refractivity contribution is 8.26. The molecular weight excluding hydrogens is 434 g/mol. The average Bonchev–Trinajstić information content (AvgIpc) is 2.96. The minimum atomic E-state index is -0.608. The van der Waals surface area contributed by atoms with Gasteiger partial charge < -0.3 is 14.2 Å². The number of halogens is 1. The molecular formula is C20H16ClNO5S2. The van der Waals surface area contributed by atoms with Crippen molar-refractivity contribution in [1.29, 1.82) is 0 Å². The number of amides is 1. The molecule has 0 aliphatic carbocycles. The van der Waals surface area contributed by atoms with Gasteiger partial charge in [-0.3, -0.25) is 9.69 Å². The van der Waals surface area contributed by atoms with Gasteiger partial charge in [0.1, 0.15) is 10.1 Å². The van der Waals surface area contributed by atoms with Gasteiger partial charge in [-0.2, -0.15) is 0 Å². The minimum Gasteiger partial charge on any atom is -0.497 e. The van der Waals surface area contributed by atoms with Crippen molar-refractivity contribution in [3.63, 3.8) is 0 Å². The van der Waals surface area contributed by atoms with E-state index in [1.807, 2.05) is 0 Å². The van der Waals surface area contributed by atoms with Gasteiger partial charge in [-0.15, -0.1) is 0 Å². The highest BCUT2D eigenvalue weighted by atomic mass is 35.5. The van der Waals surface area contributed by atoms with E-state index in [-0.39, 0.29) is 22.4 Å². The molecule has 0 saturated carbocycles. The fraction of sp³-hybridized carbons (Fsp3) is 0.150. The Balaban J connectivity index is 1.90. The van der Waals surface area contributed by atoms with Gasteiger partial charge in [0.15, 0.2) is 11.5 Å². The summed E-state index contributed by atoms with van der Waals surface area (Å²) in [5.41, 5.74) is 0.917. The highest BCUT2D eigenvalue weighted by Crippen LogP contribution is 2.39. The number of nitrogens with zero attached hydrogens (tertiary/aromatic N) is 1. The molecule has 1 heterocycles. The predicted molar refractivity (Wildman–Crippen MR) is 117 cm³/mol. The molecule has 0 aromatic heterocycles. The summed E-state index contributed by atoms with van der Waals surface area (Å²) in [6, 6.07) is 9.78. The molecule has 29 heavy (non-hydrogen) atoms. The maximum Gasteiger partial charge on any atom is 0.343 e. The van der Waals surface area contributed by atoms with Gasteiger partial charge in [0.05, 0.1) is 29.7 Å². The smallest absolute Gasteiger partial charge is 0.343 e. The van der Waals surface area contributed by atoms with Crippen molar-refractivity contribution in [1.82, 2.24) is 4.90 Å². The second-order valence-corrected chi connectivity index (χ2v) is 7.98. The molecule has 1 saturated heterocycles. The molecule has 2 aromatic rings. The first-order valence-corrected chi connectivity index (χ1v) is 9.89. The molecule has 0 unspecified atom stereocenters. The van der Waals surface area contributed by atoms with Crippen molar-refractivity contribution in [3.8, 4) is 17.2 Å². The Bertz CT molecular complexity index is 1040. The lowest BCUT2D eigenvalue weighted by Crippen LogP contribution is -2.22. The predicted octanol–water partition coefficient (Wildman–Crippen LogP) is 4.41. The van der Waals surface area contributed by atoms with E-state index in [0.717, 1.165) is 0 Å². The van der Waals surface area contributed by atoms with E-state index in [2.05, 4.69) is 0 Å². The van der Waals surface area contributed by atoms with Crippen molar-refractivity contribution in [2.45, 2.75) is 0 Å². The zero-order valence-electron chi connectivity index (χ0n) is 15.7. The fourth-order valence-electron chi connectivity index (χ4n) is 2.52. The number of carbonyl (C=O) groups is 2. The number of hydrogen-bond donors (Lipinski definition) is 0. The number of benzene rings is 2. The van der Waals surface area contributed by atoms with Crippen LogP contribution in [-0.4, -0.2) is 42.4 Å². The number of thiocarbonyl (C=S) groups is 1. The Morgan fingerprint density at radius 3 is 2.59 bits per heavy atom. The molecule has 1 aliphatic heterocycles. The van der Waals surface area contributed by atoms with E-state index in [4.69, 9.17) is 38.0 Å². The largest absolute Gasteiger partial charge is 0.497 e. The maximum atomic E-state index is 12.5. The van der Waals surface area contributed by atoms with Gasteiger partial charge in [-0.25, -0.2) is 4.79 Å². The Kier molecular flexibility index (Phi) is 6.46. The summed E-state index contributed by atoms with van der Waals surface area (Å²) in [6.07, 6.45) is 1.66. The van der Waals surface area contributed by atoms with E-state index >= 15 is 0 Å². The lowest BCUT2D eigenvalue weighted by molar-refractivity contribution is -0.121. The average molecular weight is 450 g/mol. The van der Waals surface area contributed by atoms with Crippen LogP contribution < -0.4 is 14.2 Å². The van der Waals surface area contributed by atoms with E-state index in [1.165, 1.54) is 30.9 Å². The quantitative estimate of drug-likeness (QED) is 0.290. The SMILES string of the molecule is COc1cccc(C(=O)Oc2c(Cl)cc(/C=C3\SC(=S)N(C)C3=O)cc2OC)c1. The molecule has 9 heteroatoms. The fourth-order valence-corrected chi connectivity index (χ4v) is 3.96. The van der Waals surface area contributed by atoms with Crippen LogP contribution in [0, 0.1) is 0 Å². The zero-order valence-corrected chi connectivity index (χ0v) is 18.1. The molecule has 0 N–H and O–H groups in total. The third-order valence-corrected chi connectivity index (χ3v) is 5.80. The summed E-state index contributed by atoms with van der Waals surface area (Å²) in [7, 11) is 4.56. The van der Waals surface area contributed by atoms with Gasteiger partial charge in [0, 0.05) is 7.05 Å².